The Bertz CT molecular complexity index is 955. The van der Waals surface area contributed by atoms with Crippen molar-refractivity contribution >= 4 is 46.0 Å². The van der Waals surface area contributed by atoms with Crippen LogP contribution >= 0.6 is 23.2 Å². The maximum atomic E-state index is 5.97. The Labute approximate surface area is 135 Å². The number of rotatable bonds is 3. The molecule has 2 aromatic carbocycles. The highest BCUT2D eigenvalue weighted by Crippen LogP contribution is 2.20. The standard InChI is InChI=1S/C15H11Cl2N5/c16-10-3-1-9(2-4-10)8-18-14-20-15-19-12-7-11(17)5-6-13(12)22(15)21-14/h1-7H,8H2,(H2,18,19,20,21). The normalized spacial score (nSPS) is 11.4. The van der Waals surface area contributed by atoms with E-state index in [4.69, 9.17) is 23.2 Å². The quantitative estimate of drug-likeness (QED) is 0.593. The molecular weight excluding hydrogens is 321 g/mol. The number of nitrogens with zero attached hydrogens (tertiary/aromatic N) is 3. The summed E-state index contributed by atoms with van der Waals surface area (Å²) in [6.07, 6.45) is 0. The van der Waals surface area contributed by atoms with E-state index in [2.05, 4.69) is 20.4 Å². The molecule has 2 N–H and O–H groups in total. The molecule has 0 unspecified atom stereocenters. The summed E-state index contributed by atoms with van der Waals surface area (Å²) < 4.78 is 1.83. The van der Waals surface area contributed by atoms with Gasteiger partial charge < -0.3 is 5.32 Å². The van der Waals surface area contributed by atoms with Crippen molar-refractivity contribution in [3.8, 4) is 0 Å². The highest BCUT2D eigenvalue weighted by atomic mass is 35.5. The van der Waals surface area contributed by atoms with E-state index in [0.29, 0.717) is 23.3 Å². The molecule has 22 heavy (non-hydrogen) atoms. The fraction of sp³-hybridized carbons (Fsp3) is 0.0667. The van der Waals surface area contributed by atoms with E-state index in [1.807, 2.05) is 47.0 Å². The van der Waals surface area contributed by atoms with Crippen molar-refractivity contribution in [1.29, 1.82) is 0 Å². The lowest BCUT2D eigenvalue weighted by Crippen LogP contribution is -2.01. The molecule has 0 aliphatic rings. The number of imidazole rings is 1. The summed E-state index contributed by atoms with van der Waals surface area (Å²) in [5, 5.41) is 7.81. The number of hydrogen-bond acceptors (Lipinski definition) is 3. The van der Waals surface area contributed by atoms with Crippen molar-refractivity contribution in [2.45, 2.75) is 6.54 Å². The smallest absolute Gasteiger partial charge is 0.253 e. The second-order valence-electron chi connectivity index (χ2n) is 4.93. The Morgan fingerprint density at radius 2 is 1.77 bits per heavy atom. The van der Waals surface area contributed by atoms with E-state index in [9.17, 15) is 0 Å². The number of aromatic nitrogens is 4. The van der Waals surface area contributed by atoms with Gasteiger partial charge in [0.2, 0.25) is 5.95 Å². The predicted octanol–water partition coefficient (Wildman–Crippen LogP) is 4.13. The number of halogens is 2. The van der Waals surface area contributed by atoms with Crippen LogP contribution in [0.4, 0.5) is 5.95 Å². The molecule has 110 valence electrons. The molecule has 0 atom stereocenters. The summed E-state index contributed by atoms with van der Waals surface area (Å²) in [6.45, 7) is 0.650. The van der Waals surface area contributed by atoms with E-state index in [1.54, 1.807) is 0 Å². The third-order valence-corrected chi connectivity index (χ3v) is 3.89. The second-order valence-corrected chi connectivity index (χ2v) is 5.81. The Kier molecular flexibility index (Phi) is 3.17. The molecule has 0 aliphatic heterocycles. The lowest BCUT2D eigenvalue weighted by atomic mass is 10.2. The fourth-order valence-corrected chi connectivity index (χ4v) is 2.62. The summed E-state index contributed by atoms with van der Waals surface area (Å²) in [5.41, 5.74) is 2.87. The van der Waals surface area contributed by atoms with Crippen LogP contribution in [0.25, 0.3) is 16.8 Å². The van der Waals surface area contributed by atoms with Gasteiger partial charge in [0.1, 0.15) is 0 Å². The van der Waals surface area contributed by atoms with E-state index < -0.39 is 0 Å². The van der Waals surface area contributed by atoms with Gasteiger partial charge in [-0.3, -0.25) is 5.10 Å². The summed E-state index contributed by atoms with van der Waals surface area (Å²) in [4.78, 5) is 8.87. The molecule has 0 saturated heterocycles. The van der Waals surface area contributed by atoms with Gasteiger partial charge >= 0.3 is 0 Å². The molecule has 0 saturated carbocycles. The molecule has 4 aromatic rings. The van der Waals surface area contributed by atoms with Crippen molar-refractivity contribution < 1.29 is 0 Å². The first-order valence-electron chi connectivity index (χ1n) is 6.71. The number of H-pyrrole nitrogens is 1. The molecule has 0 amide bonds. The van der Waals surface area contributed by atoms with Gasteiger partial charge in [0.15, 0.2) is 0 Å². The third kappa shape index (κ3) is 2.38. The zero-order valence-corrected chi connectivity index (χ0v) is 12.9. The van der Waals surface area contributed by atoms with Crippen molar-refractivity contribution in [1.82, 2.24) is 19.6 Å². The van der Waals surface area contributed by atoms with Crippen LogP contribution in [0.3, 0.4) is 0 Å². The monoisotopic (exact) mass is 331 g/mol. The zero-order chi connectivity index (χ0) is 15.1. The average molecular weight is 332 g/mol. The molecular formula is C15H11Cl2N5. The fourth-order valence-electron chi connectivity index (χ4n) is 2.32. The maximum absolute atomic E-state index is 5.97. The van der Waals surface area contributed by atoms with Gasteiger partial charge in [-0.15, -0.1) is 0 Å². The van der Waals surface area contributed by atoms with Crippen LogP contribution in [0.2, 0.25) is 10.0 Å². The highest BCUT2D eigenvalue weighted by molar-refractivity contribution is 6.31. The summed E-state index contributed by atoms with van der Waals surface area (Å²) >= 11 is 11.8. The summed E-state index contributed by atoms with van der Waals surface area (Å²) in [5.74, 6) is 1.27. The van der Waals surface area contributed by atoms with Crippen molar-refractivity contribution in [3.63, 3.8) is 0 Å². The topological polar surface area (TPSA) is 58.0 Å². The first kappa shape index (κ1) is 13.4. The Balaban J connectivity index is 1.61. The number of anilines is 1. The Hall–Kier alpha value is -2.24. The van der Waals surface area contributed by atoms with Gasteiger partial charge in [-0.2, -0.15) is 4.98 Å². The van der Waals surface area contributed by atoms with Crippen LogP contribution in [0.15, 0.2) is 42.5 Å². The minimum atomic E-state index is 0.607. The number of aromatic amines is 1. The largest absolute Gasteiger partial charge is 0.351 e. The zero-order valence-electron chi connectivity index (χ0n) is 11.3. The highest BCUT2D eigenvalue weighted by Gasteiger charge is 2.09. The molecule has 2 aromatic heterocycles. The molecule has 4 rings (SSSR count). The first-order valence-corrected chi connectivity index (χ1v) is 7.47. The molecule has 0 fully saturated rings. The number of fused-ring (bicyclic) bond motifs is 3. The van der Waals surface area contributed by atoms with Gasteiger partial charge in [-0.25, -0.2) is 9.50 Å². The molecule has 0 spiro atoms. The van der Waals surface area contributed by atoms with Crippen molar-refractivity contribution in [2.24, 2.45) is 0 Å². The number of hydrogen-bond donors (Lipinski definition) is 2. The SMILES string of the molecule is Clc1ccc(CNc2nc3nc4cc(Cl)ccc4n3[nH]2)cc1. The summed E-state index contributed by atoms with van der Waals surface area (Å²) in [7, 11) is 0. The maximum Gasteiger partial charge on any atom is 0.253 e. The number of benzene rings is 2. The van der Waals surface area contributed by atoms with Crippen molar-refractivity contribution in [3.05, 3.63) is 58.1 Å². The predicted molar refractivity (Wildman–Crippen MR) is 88.6 cm³/mol. The van der Waals surface area contributed by atoms with Gasteiger partial charge in [0.25, 0.3) is 5.78 Å². The van der Waals surface area contributed by atoms with E-state index in [-0.39, 0.29) is 0 Å². The number of nitrogens with one attached hydrogen (secondary N) is 2. The summed E-state index contributed by atoms with van der Waals surface area (Å²) in [6, 6.07) is 13.2. The molecule has 0 bridgehead atoms. The van der Waals surface area contributed by atoms with Gasteiger partial charge in [-0.1, -0.05) is 35.3 Å². The van der Waals surface area contributed by atoms with Crippen molar-refractivity contribution in [2.75, 3.05) is 5.32 Å². The van der Waals surface area contributed by atoms with Crippen LogP contribution < -0.4 is 5.32 Å². The molecule has 7 heteroatoms. The molecule has 0 radical (unpaired) electrons. The van der Waals surface area contributed by atoms with Gasteiger partial charge in [0, 0.05) is 16.6 Å². The third-order valence-electron chi connectivity index (χ3n) is 3.40. The molecule has 2 heterocycles. The van der Waals surface area contributed by atoms with Crippen LogP contribution in [-0.2, 0) is 6.54 Å². The van der Waals surface area contributed by atoms with E-state index in [0.717, 1.165) is 21.6 Å². The Morgan fingerprint density at radius 3 is 2.59 bits per heavy atom. The van der Waals surface area contributed by atoms with E-state index >= 15 is 0 Å². The van der Waals surface area contributed by atoms with Crippen LogP contribution in [0.1, 0.15) is 5.56 Å². The minimum absolute atomic E-state index is 0.607. The Morgan fingerprint density at radius 1 is 1.00 bits per heavy atom. The average Bonchev–Trinajstić information content (AvgIpc) is 3.03. The van der Waals surface area contributed by atoms with Crippen LogP contribution in [-0.4, -0.2) is 19.6 Å². The van der Waals surface area contributed by atoms with Crippen LogP contribution in [0, 0.1) is 0 Å². The minimum Gasteiger partial charge on any atom is -0.351 e. The second kappa shape index (κ2) is 5.19. The van der Waals surface area contributed by atoms with Gasteiger partial charge in [0.05, 0.1) is 11.0 Å². The lowest BCUT2D eigenvalue weighted by molar-refractivity contribution is 0.987. The lowest BCUT2D eigenvalue weighted by Gasteiger charge is -2.02. The van der Waals surface area contributed by atoms with Crippen LogP contribution in [0.5, 0.6) is 0 Å². The molecule has 5 nitrogen and oxygen atoms in total. The molecule has 0 aliphatic carbocycles. The van der Waals surface area contributed by atoms with Gasteiger partial charge in [-0.05, 0) is 35.9 Å². The first-order chi connectivity index (χ1) is 10.7. The van der Waals surface area contributed by atoms with E-state index in [1.165, 1.54) is 0 Å².